The molecule has 1 fully saturated rings. The lowest BCUT2D eigenvalue weighted by Crippen LogP contribution is -3.16. The Morgan fingerprint density at radius 2 is 1.85 bits per heavy atom. The van der Waals surface area contributed by atoms with E-state index in [1.54, 1.807) is 0 Å². The smallest absolute Gasteiger partial charge is 0.126 e. The second-order valence-electron chi connectivity index (χ2n) is 5.81. The zero-order valence-electron chi connectivity index (χ0n) is 12.6. The summed E-state index contributed by atoms with van der Waals surface area (Å²) in [7, 11) is 0. The number of aliphatic hydroxyl groups excluding tert-OH is 1. The van der Waals surface area contributed by atoms with Crippen molar-refractivity contribution >= 4 is 5.69 Å². The summed E-state index contributed by atoms with van der Waals surface area (Å²) in [6.45, 7) is 9.49. The van der Waals surface area contributed by atoms with Crippen LogP contribution in [-0.4, -0.2) is 56.6 Å². The number of piperazine rings is 1. The second-order valence-corrected chi connectivity index (χ2v) is 5.81. The molecule has 2 rings (SSSR count). The summed E-state index contributed by atoms with van der Waals surface area (Å²) in [6.07, 6.45) is -0.162. The zero-order chi connectivity index (χ0) is 14.4. The van der Waals surface area contributed by atoms with Crippen molar-refractivity contribution in [2.45, 2.75) is 26.1 Å². The summed E-state index contributed by atoms with van der Waals surface area (Å²) in [5, 5.41) is 9.97. The first kappa shape index (κ1) is 15.3. The van der Waals surface area contributed by atoms with E-state index in [1.165, 1.54) is 10.6 Å². The molecule has 1 heterocycles. The van der Waals surface area contributed by atoms with Crippen molar-refractivity contribution in [2.75, 3.05) is 44.2 Å². The molecule has 0 unspecified atom stereocenters. The van der Waals surface area contributed by atoms with Gasteiger partial charge in [0.1, 0.15) is 12.6 Å². The number of anilines is 1. The van der Waals surface area contributed by atoms with E-state index in [9.17, 15) is 5.11 Å². The quantitative estimate of drug-likeness (QED) is 0.780. The number of quaternary nitrogens is 1. The highest BCUT2D eigenvalue weighted by molar-refractivity contribution is 5.45. The Morgan fingerprint density at radius 3 is 2.45 bits per heavy atom. The first-order valence-electron chi connectivity index (χ1n) is 7.58. The highest BCUT2D eigenvalue weighted by atomic mass is 16.5. The molecule has 0 radical (unpaired) electrons. The molecule has 1 aromatic rings. The second kappa shape index (κ2) is 7.62. The van der Waals surface area contributed by atoms with Gasteiger partial charge >= 0.3 is 0 Å². The minimum Gasteiger partial charge on any atom is -0.385 e. The van der Waals surface area contributed by atoms with Crippen LogP contribution < -0.4 is 9.80 Å². The van der Waals surface area contributed by atoms with Crippen LogP contribution in [0.15, 0.2) is 30.3 Å². The van der Waals surface area contributed by atoms with E-state index in [0.717, 1.165) is 32.7 Å². The van der Waals surface area contributed by atoms with Gasteiger partial charge in [-0.2, -0.15) is 0 Å². The molecular formula is C16H27N2O2+. The van der Waals surface area contributed by atoms with Gasteiger partial charge in [0.05, 0.1) is 38.9 Å². The van der Waals surface area contributed by atoms with Crippen LogP contribution in [0.25, 0.3) is 0 Å². The number of hydrogen-bond donors (Lipinski definition) is 2. The van der Waals surface area contributed by atoms with Gasteiger partial charge in [-0.25, -0.2) is 0 Å². The number of aliphatic hydroxyl groups is 1. The predicted molar refractivity (Wildman–Crippen MR) is 81.3 cm³/mol. The van der Waals surface area contributed by atoms with Gasteiger partial charge in [0.15, 0.2) is 0 Å². The van der Waals surface area contributed by atoms with Gasteiger partial charge in [0.2, 0.25) is 0 Å². The molecule has 4 heteroatoms. The third kappa shape index (κ3) is 4.78. The van der Waals surface area contributed by atoms with Crippen molar-refractivity contribution in [2.24, 2.45) is 0 Å². The van der Waals surface area contributed by atoms with Gasteiger partial charge in [-0.3, -0.25) is 0 Å². The first-order valence-corrected chi connectivity index (χ1v) is 7.58. The lowest BCUT2D eigenvalue weighted by molar-refractivity contribution is -0.903. The van der Waals surface area contributed by atoms with Crippen LogP contribution in [0.2, 0.25) is 0 Å². The van der Waals surface area contributed by atoms with Crippen molar-refractivity contribution in [3.8, 4) is 0 Å². The maximum absolute atomic E-state index is 9.97. The number of rotatable bonds is 6. The van der Waals surface area contributed by atoms with Gasteiger partial charge < -0.3 is 19.6 Å². The fourth-order valence-electron chi connectivity index (χ4n) is 2.62. The molecule has 0 aliphatic carbocycles. The minimum atomic E-state index is -0.351. The number of para-hydroxylation sites is 1. The molecule has 0 bridgehead atoms. The molecule has 1 saturated heterocycles. The normalized spacial score (nSPS) is 18.5. The van der Waals surface area contributed by atoms with Gasteiger partial charge in [-0.05, 0) is 26.0 Å². The van der Waals surface area contributed by atoms with Crippen LogP contribution in [0, 0.1) is 0 Å². The monoisotopic (exact) mass is 279 g/mol. The summed E-state index contributed by atoms with van der Waals surface area (Å²) in [4.78, 5) is 3.89. The number of hydrogen-bond acceptors (Lipinski definition) is 3. The minimum absolute atomic E-state index is 0.189. The van der Waals surface area contributed by atoms with Crippen molar-refractivity contribution in [3.63, 3.8) is 0 Å². The molecule has 20 heavy (non-hydrogen) atoms. The van der Waals surface area contributed by atoms with Gasteiger partial charge in [-0.1, -0.05) is 18.2 Å². The lowest BCUT2D eigenvalue weighted by atomic mass is 10.2. The fraction of sp³-hybridized carbons (Fsp3) is 0.625. The molecule has 0 spiro atoms. The average molecular weight is 279 g/mol. The molecule has 1 atom stereocenters. The largest absolute Gasteiger partial charge is 0.385 e. The maximum Gasteiger partial charge on any atom is 0.126 e. The Kier molecular flexibility index (Phi) is 5.83. The number of nitrogens with one attached hydrogen (secondary N) is 1. The fourth-order valence-corrected chi connectivity index (χ4v) is 2.62. The van der Waals surface area contributed by atoms with E-state index in [-0.39, 0.29) is 12.2 Å². The summed E-state index contributed by atoms with van der Waals surface area (Å²) in [6, 6.07) is 10.5. The van der Waals surface area contributed by atoms with Crippen molar-refractivity contribution < 1.29 is 14.7 Å². The summed E-state index contributed by atoms with van der Waals surface area (Å²) < 4.78 is 5.46. The van der Waals surface area contributed by atoms with Crippen LogP contribution in [-0.2, 0) is 4.74 Å². The van der Waals surface area contributed by atoms with Crippen LogP contribution in [0.4, 0.5) is 5.69 Å². The highest BCUT2D eigenvalue weighted by Crippen LogP contribution is 2.12. The standard InChI is InChI=1S/C16H26N2O2/c1-14(2)20-13-16(19)12-17-8-10-18(11-9-17)15-6-4-3-5-7-15/h3-7,14,16,19H,8-13H2,1-2H3/p+1/t16-/m0/s1. The van der Waals surface area contributed by atoms with Crippen LogP contribution >= 0.6 is 0 Å². The first-order chi connectivity index (χ1) is 9.65. The van der Waals surface area contributed by atoms with Crippen molar-refractivity contribution in [1.82, 2.24) is 0 Å². The van der Waals surface area contributed by atoms with Crippen molar-refractivity contribution in [3.05, 3.63) is 30.3 Å². The van der Waals surface area contributed by atoms with E-state index >= 15 is 0 Å². The summed E-state index contributed by atoms with van der Waals surface area (Å²) >= 11 is 0. The van der Waals surface area contributed by atoms with Crippen molar-refractivity contribution in [1.29, 1.82) is 0 Å². The maximum atomic E-state index is 9.97. The summed E-state index contributed by atoms with van der Waals surface area (Å²) in [5.74, 6) is 0. The zero-order valence-corrected chi connectivity index (χ0v) is 12.6. The Hall–Kier alpha value is -1.10. The van der Waals surface area contributed by atoms with E-state index in [2.05, 4.69) is 35.2 Å². The van der Waals surface area contributed by atoms with E-state index in [0.29, 0.717) is 6.61 Å². The molecular weight excluding hydrogens is 252 g/mol. The highest BCUT2D eigenvalue weighted by Gasteiger charge is 2.22. The van der Waals surface area contributed by atoms with Crippen LogP contribution in [0.5, 0.6) is 0 Å². The molecule has 0 aromatic heterocycles. The molecule has 1 aromatic carbocycles. The molecule has 2 N–H and O–H groups in total. The van der Waals surface area contributed by atoms with Gasteiger partial charge in [0, 0.05) is 5.69 Å². The average Bonchev–Trinajstić information content (AvgIpc) is 2.47. The van der Waals surface area contributed by atoms with Gasteiger partial charge in [-0.15, -0.1) is 0 Å². The third-order valence-corrected chi connectivity index (χ3v) is 3.74. The van der Waals surface area contributed by atoms with E-state index in [1.807, 2.05) is 13.8 Å². The SMILES string of the molecule is CC(C)OC[C@@H](O)C[NH+]1CCN(c2ccccc2)CC1. The molecule has 0 saturated carbocycles. The Morgan fingerprint density at radius 1 is 1.20 bits per heavy atom. The van der Waals surface area contributed by atoms with Gasteiger partial charge in [0.25, 0.3) is 0 Å². The Labute approximate surface area is 122 Å². The van der Waals surface area contributed by atoms with Crippen LogP contribution in [0.1, 0.15) is 13.8 Å². The Bertz CT molecular complexity index is 375. The molecule has 112 valence electrons. The van der Waals surface area contributed by atoms with Crippen LogP contribution in [0.3, 0.4) is 0 Å². The van der Waals surface area contributed by atoms with E-state index in [4.69, 9.17) is 4.74 Å². The number of ether oxygens (including phenoxy) is 1. The lowest BCUT2D eigenvalue weighted by Gasteiger charge is -2.34. The van der Waals surface area contributed by atoms with E-state index < -0.39 is 0 Å². The predicted octanol–water partition coefficient (Wildman–Crippen LogP) is 0.177. The molecule has 0 amide bonds. The topological polar surface area (TPSA) is 37.1 Å². The number of nitrogens with zero attached hydrogens (tertiary/aromatic N) is 1. The molecule has 4 nitrogen and oxygen atoms in total. The third-order valence-electron chi connectivity index (χ3n) is 3.74. The summed E-state index contributed by atoms with van der Waals surface area (Å²) in [5.41, 5.74) is 1.30. The Balaban J connectivity index is 1.71. The molecule has 1 aliphatic rings. The molecule has 1 aliphatic heterocycles. The number of benzene rings is 1.